The van der Waals surface area contributed by atoms with Gasteiger partial charge in [0.15, 0.2) is 0 Å². The van der Waals surface area contributed by atoms with Crippen molar-refractivity contribution in [2.24, 2.45) is 5.92 Å². The van der Waals surface area contributed by atoms with E-state index in [0.717, 1.165) is 12.0 Å². The van der Waals surface area contributed by atoms with E-state index in [1.54, 1.807) is 11.8 Å². The van der Waals surface area contributed by atoms with Crippen LogP contribution in [0.2, 0.25) is 0 Å². The Morgan fingerprint density at radius 2 is 1.95 bits per heavy atom. The predicted molar refractivity (Wildman–Crippen MR) is 84.0 cm³/mol. The summed E-state index contributed by atoms with van der Waals surface area (Å²) in [6, 6.07) is 8.02. The molecular weight excluding hydrogens is 270 g/mol. The van der Waals surface area contributed by atoms with Gasteiger partial charge < -0.3 is 5.11 Å². The van der Waals surface area contributed by atoms with Gasteiger partial charge in [-0.25, -0.2) is 0 Å². The maximum atomic E-state index is 11.3. The molecule has 1 saturated heterocycles. The average Bonchev–Trinajstić information content (AvgIpc) is 2.65. The van der Waals surface area contributed by atoms with E-state index >= 15 is 0 Å². The molecule has 2 N–H and O–H groups in total. The highest BCUT2D eigenvalue weighted by Crippen LogP contribution is 2.45. The van der Waals surface area contributed by atoms with Crippen molar-refractivity contribution in [1.82, 2.24) is 5.32 Å². The van der Waals surface area contributed by atoms with E-state index in [4.69, 9.17) is 0 Å². The van der Waals surface area contributed by atoms with Gasteiger partial charge in [0.2, 0.25) is 0 Å². The van der Waals surface area contributed by atoms with E-state index in [9.17, 15) is 9.90 Å². The SMILES string of the molecule is CC(C)Cc1ccc(C2NC(C(=O)O)C(C)(C)S2)cc1. The van der Waals surface area contributed by atoms with Gasteiger partial charge in [-0.3, -0.25) is 10.1 Å². The van der Waals surface area contributed by atoms with Crippen molar-refractivity contribution >= 4 is 17.7 Å². The van der Waals surface area contributed by atoms with Gasteiger partial charge in [-0.15, -0.1) is 11.8 Å². The number of benzene rings is 1. The van der Waals surface area contributed by atoms with Crippen LogP contribution < -0.4 is 5.32 Å². The minimum absolute atomic E-state index is 0.0548. The zero-order chi connectivity index (χ0) is 14.9. The zero-order valence-corrected chi connectivity index (χ0v) is 13.3. The van der Waals surface area contributed by atoms with Crippen LogP contribution in [0.25, 0.3) is 0 Å². The quantitative estimate of drug-likeness (QED) is 0.892. The van der Waals surface area contributed by atoms with Gasteiger partial charge in [-0.1, -0.05) is 38.1 Å². The number of nitrogens with one attached hydrogen (secondary N) is 1. The number of carbonyl (C=O) groups is 1. The predicted octanol–water partition coefficient (Wildman–Crippen LogP) is 3.45. The minimum Gasteiger partial charge on any atom is -0.480 e. The molecule has 2 atom stereocenters. The lowest BCUT2D eigenvalue weighted by molar-refractivity contribution is -0.139. The Kier molecular flexibility index (Phi) is 4.45. The number of hydrogen-bond donors (Lipinski definition) is 2. The number of rotatable bonds is 4. The number of hydrogen-bond acceptors (Lipinski definition) is 3. The third-order valence-electron chi connectivity index (χ3n) is 3.61. The molecule has 1 aliphatic heterocycles. The molecule has 20 heavy (non-hydrogen) atoms. The number of carboxylic acid groups (broad SMARTS) is 1. The first-order valence-electron chi connectivity index (χ1n) is 7.05. The number of aliphatic carboxylic acids is 1. The molecule has 0 aliphatic carbocycles. The molecule has 0 bridgehead atoms. The van der Waals surface area contributed by atoms with Crippen molar-refractivity contribution in [3.63, 3.8) is 0 Å². The fourth-order valence-corrected chi connectivity index (χ4v) is 4.00. The second kappa shape index (κ2) is 5.78. The highest BCUT2D eigenvalue weighted by molar-refractivity contribution is 8.01. The van der Waals surface area contributed by atoms with Gasteiger partial charge in [-0.2, -0.15) is 0 Å². The van der Waals surface area contributed by atoms with Crippen LogP contribution in [0.4, 0.5) is 0 Å². The molecule has 4 heteroatoms. The van der Waals surface area contributed by atoms with Gasteiger partial charge in [0.25, 0.3) is 0 Å². The van der Waals surface area contributed by atoms with Gasteiger partial charge in [0.05, 0.1) is 5.37 Å². The van der Waals surface area contributed by atoms with Crippen LogP contribution in [-0.2, 0) is 11.2 Å². The number of carboxylic acids is 1. The summed E-state index contributed by atoms with van der Waals surface area (Å²) in [4.78, 5) is 11.3. The lowest BCUT2D eigenvalue weighted by Gasteiger charge is -2.20. The van der Waals surface area contributed by atoms with Gasteiger partial charge in [-0.05, 0) is 37.3 Å². The van der Waals surface area contributed by atoms with Crippen LogP contribution in [-0.4, -0.2) is 21.9 Å². The Morgan fingerprint density at radius 1 is 1.35 bits per heavy atom. The Morgan fingerprint density at radius 3 is 2.40 bits per heavy atom. The van der Waals surface area contributed by atoms with Crippen LogP contribution in [0.1, 0.15) is 44.2 Å². The summed E-state index contributed by atoms with van der Waals surface area (Å²) >= 11 is 1.69. The molecule has 110 valence electrons. The molecule has 0 spiro atoms. The van der Waals surface area contributed by atoms with Crippen molar-refractivity contribution < 1.29 is 9.90 Å². The molecule has 2 rings (SSSR count). The van der Waals surface area contributed by atoms with Crippen LogP contribution in [0.5, 0.6) is 0 Å². The highest BCUT2D eigenvalue weighted by Gasteiger charge is 2.45. The normalized spacial score (nSPS) is 25.1. The molecule has 2 unspecified atom stereocenters. The topological polar surface area (TPSA) is 49.3 Å². The Bertz CT molecular complexity index is 482. The van der Waals surface area contributed by atoms with Gasteiger partial charge in [0, 0.05) is 4.75 Å². The minimum atomic E-state index is -0.776. The molecular formula is C16H23NO2S. The molecule has 1 aliphatic rings. The Hall–Kier alpha value is -1.00. The van der Waals surface area contributed by atoms with E-state index < -0.39 is 12.0 Å². The van der Waals surface area contributed by atoms with Crippen LogP contribution in [0.3, 0.4) is 0 Å². The third-order valence-corrected chi connectivity index (χ3v) is 5.10. The first kappa shape index (κ1) is 15.4. The zero-order valence-electron chi connectivity index (χ0n) is 12.5. The first-order chi connectivity index (χ1) is 9.29. The van der Waals surface area contributed by atoms with E-state index in [1.807, 2.05) is 13.8 Å². The van der Waals surface area contributed by atoms with Crippen molar-refractivity contribution in [1.29, 1.82) is 0 Å². The summed E-state index contributed by atoms with van der Waals surface area (Å²) in [7, 11) is 0. The first-order valence-corrected chi connectivity index (χ1v) is 7.93. The fourth-order valence-electron chi connectivity index (χ4n) is 2.59. The van der Waals surface area contributed by atoms with Crippen molar-refractivity contribution in [3.05, 3.63) is 35.4 Å². The standard InChI is InChI=1S/C16H23NO2S/c1-10(2)9-11-5-7-12(8-6-11)14-17-13(15(18)19)16(3,4)20-14/h5-8,10,13-14,17H,9H2,1-4H3,(H,18,19). The Labute approximate surface area is 125 Å². The summed E-state index contributed by atoms with van der Waals surface area (Å²) in [5.74, 6) is -0.128. The number of thioether (sulfide) groups is 1. The lowest BCUT2D eigenvalue weighted by Crippen LogP contribution is -2.43. The second-order valence-corrected chi connectivity index (χ2v) is 8.14. The van der Waals surface area contributed by atoms with E-state index in [1.165, 1.54) is 5.56 Å². The smallest absolute Gasteiger partial charge is 0.322 e. The highest BCUT2D eigenvalue weighted by atomic mass is 32.2. The van der Waals surface area contributed by atoms with E-state index in [0.29, 0.717) is 5.92 Å². The molecule has 1 aromatic rings. The second-order valence-electron chi connectivity index (χ2n) is 6.38. The van der Waals surface area contributed by atoms with Crippen molar-refractivity contribution in [2.45, 2.75) is 50.3 Å². The largest absolute Gasteiger partial charge is 0.480 e. The molecule has 1 heterocycles. The van der Waals surface area contributed by atoms with E-state index in [2.05, 4.69) is 43.4 Å². The molecule has 1 aromatic carbocycles. The summed E-state index contributed by atoms with van der Waals surface area (Å²) in [5, 5.41) is 12.6. The van der Waals surface area contributed by atoms with Crippen LogP contribution >= 0.6 is 11.8 Å². The summed E-state index contributed by atoms with van der Waals surface area (Å²) in [6.07, 6.45) is 1.08. The summed E-state index contributed by atoms with van der Waals surface area (Å²) < 4.78 is -0.299. The van der Waals surface area contributed by atoms with Gasteiger partial charge >= 0.3 is 5.97 Å². The molecule has 3 nitrogen and oxygen atoms in total. The molecule has 0 aromatic heterocycles. The third kappa shape index (κ3) is 3.36. The monoisotopic (exact) mass is 293 g/mol. The maximum absolute atomic E-state index is 11.3. The van der Waals surface area contributed by atoms with Crippen molar-refractivity contribution in [2.75, 3.05) is 0 Å². The molecule has 0 radical (unpaired) electrons. The Balaban J connectivity index is 2.11. The van der Waals surface area contributed by atoms with Crippen LogP contribution in [0, 0.1) is 5.92 Å². The van der Waals surface area contributed by atoms with Crippen LogP contribution in [0.15, 0.2) is 24.3 Å². The van der Waals surface area contributed by atoms with Crippen molar-refractivity contribution in [3.8, 4) is 0 Å². The fraction of sp³-hybridized carbons (Fsp3) is 0.562. The summed E-state index contributed by atoms with van der Waals surface area (Å²) in [6.45, 7) is 8.39. The molecule has 0 saturated carbocycles. The maximum Gasteiger partial charge on any atom is 0.322 e. The summed E-state index contributed by atoms with van der Waals surface area (Å²) in [5.41, 5.74) is 2.49. The molecule has 0 amide bonds. The van der Waals surface area contributed by atoms with E-state index in [-0.39, 0.29) is 10.1 Å². The lowest BCUT2D eigenvalue weighted by atomic mass is 10.0. The molecule has 1 fully saturated rings. The average molecular weight is 293 g/mol. The van der Waals surface area contributed by atoms with Gasteiger partial charge in [0.1, 0.15) is 6.04 Å².